The van der Waals surface area contributed by atoms with Gasteiger partial charge in [-0.05, 0) is 38.8 Å². The number of amides is 1. The highest BCUT2D eigenvalue weighted by Gasteiger charge is 2.29. The number of halogens is 1. The second kappa shape index (κ2) is 6.40. The summed E-state index contributed by atoms with van der Waals surface area (Å²) in [6, 6.07) is 7.65. The van der Waals surface area contributed by atoms with E-state index in [1.165, 1.54) is 0 Å². The molecule has 1 amide bonds. The van der Waals surface area contributed by atoms with Gasteiger partial charge in [0, 0.05) is 25.3 Å². The summed E-state index contributed by atoms with van der Waals surface area (Å²) < 4.78 is 5.37. The largest absolute Gasteiger partial charge is 0.381 e. The van der Waals surface area contributed by atoms with Gasteiger partial charge in [0.2, 0.25) is 0 Å². The number of nitrogens with zero attached hydrogens (tertiary/aromatic N) is 1. The van der Waals surface area contributed by atoms with Gasteiger partial charge in [-0.1, -0.05) is 23.7 Å². The smallest absolute Gasteiger partial charge is 0.255 e. The second-order valence-electron chi connectivity index (χ2n) is 5.13. The molecule has 0 atom stereocenters. The zero-order chi connectivity index (χ0) is 13.8. The standard InChI is InChI=1S/C15H20ClNO2/c1-11(2)17(12-7-9-19-10-8-12)15(18)13-5-3-4-6-14(13)16/h3-6,11-12H,7-10H2,1-2H3. The molecule has 1 aliphatic heterocycles. The molecule has 104 valence electrons. The molecule has 1 aromatic rings. The van der Waals surface area contributed by atoms with E-state index in [4.69, 9.17) is 16.3 Å². The monoisotopic (exact) mass is 281 g/mol. The molecule has 1 aliphatic rings. The highest BCUT2D eigenvalue weighted by Crippen LogP contribution is 2.23. The number of hydrogen-bond donors (Lipinski definition) is 0. The predicted molar refractivity (Wildman–Crippen MR) is 76.6 cm³/mol. The molecule has 1 saturated heterocycles. The van der Waals surface area contributed by atoms with Crippen molar-refractivity contribution in [3.05, 3.63) is 34.9 Å². The van der Waals surface area contributed by atoms with Crippen LogP contribution in [0.15, 0.2) is 24.3 Å². The van der Waals surface area contributed by atoms with E-state index in [-0.39, 0.29) is 18.0 Å². The van der Waals surface area contributed by atoms with Crippen LogP contribution in [0.25, 0.3) is 0 Å². The Hall–Kier alpha value is -1.06. The van der Waals surface area contributed by atoms with Crippen LogP contribution in [0.5, 0.6) is 0 Å². The zero-order valence-electron chi connectivity index (χ0n) is 11.4. The molecule has 0 N–H and O–H groups in total. The summed E-state index contributed by atoms with van der Waals surface area (Å²) in [5.74, 6) is 0.0208. The fourth-order valence-electron chi connectivity index (χ4n) is 2.56. The van der Waals surface area contributed by atoms with E-state index < -0.39 is 0 Å². The van der Waals surface area contributed by atoms with Gasteiger partial charge in [-0.25, -0.2) is 0 Å². The van der Waals surface area contributed by atoms with Crippen LogP contribution in [0.2, 0.25) is 5.02 Å². The Morgan fingerprint density at radius 2 is 1.95 bits per heavy atom. The van der Waals surface area contributed by atoms with Crippen molar-refractivity contribution in [2.45, 2.75) is 38.8 Å². The van der Waals surface area contributed by atoms with Crippen molar-refractivity contribution in [3.63, 3.8) is 0 Å². The molecule has 0 saturated carbocycles. The van der Waals surface area contributed by atoms with Crippen molar-refractivity contribution in [3.8, 4) is 0 Å². The molecule has 0 radical (unpaired) electrons. The van der Waals surface area contributed by atoms with Crippen LogP contribution in [-0.4, -0.2) is 36.1 Å². The highest BCUT2D eigenvalue weighted by atomic mass is 35.5. The van der Waals surface area contributed by atoms with E-state index in [1.807, 2.05) is 30.9 Å². The third kappa shape index (κ3) is 3.28. The number of hydrogen-bond acceptors (Lipinski definition) is 2. The summed E-state index contributed by atoms with van der Waals surface area (Å²) in [4.78, 5) is 14.7. The van der Waals surface area contributed by atoms with Gasteiger partial charge in [0.25, 0.3) is 5.91 Å². The fourth-order valence-corrected chi connectivity index (χ4v) is 2.78. The minimum absolute atomic E-state index is 0.0208. The summed E-state index contributed by atoms with van der Waals surface area (Å²) in [6.07, 6.45) is 1.79. The predicted octanol–water partition coefficient (Wildman–Crippen LogP) is 3.37. The molecule has 0 unspecified atom stereocenters. The number of rotatable bonds is 3. The molecule has 0 bridgehead atoms. The Balaban J connectivity index is 2.24. The Bertz CT molecular complexity index is 442. The first kappa shape index (κ1) is 14.4. The van der Waals surface area contributed by atoms with E-state index in [2.05, 4.69) is 0 Å². The molecule has 0 aliphatic carbocycles. The normalized spacial score (nSPS) is 16.6. The number of carbonyl (C=O) groups excluding carboxylic acids is 1. The SMILES string of the molecule is CC(C)N(C(=O)c1ccccc1Cl)C1CCOCC1. The minimum Gasteiger partial charge on any atom is -0.381 e. The van der Waals surface area contributed by atoms with Gasteiger partial charge in [0.1, 0.15) is 0 Å². The molecule has 1 fully saturated rings. The van der Waals surface area contributed by atoms with Gasteiger partial charge in [0.05, 0.1) is 10.6 Å². The van der Waals surface area contributed by atoms with Gasteiger partial charge >= 0.3 is 0 Å². The summed E-state index contributed by atoms with van der Waals surface area (Å²) in [5.41, 5.74) is 0.587. The molecular formula is C15H20ClNO2. The first-order valence-corrected chi connectivity index (χ1v) is 7.14. The van der Waals surface area contributed by atoms with E-state index in [0.29, 0.717) is 10.6 Å². The minimum atomic E-state index is 0.0208. The summed E-state index contributed by atoms with van der Waals surface area (Å²) in [5, 5.41) is 0.519. The van der Waals surface area contributed by atoms with Crippen LogP contribution in [0.4, 0.5) is 0 Å². The molecule has 19 heavy (non-hydrogen) atoms. The fraction of sp³-hybridized carbons (Fsp3) is 0.533. The maximum absolute atomic E-state index is 12.7. The molecule has 0 spiro atoms. The first-order chi connectivity index (χ1) is 9.11. The van der Waals surface area contributed by atoms with Crippen LogP contribution < -0.4 is 0 Å². The van der Waals surface area contributed by atoms with Crippen molar-refractivity contribution >= 4 is 17.5 Å². The van der Waals surface area contributed by atoms with Crippen molar-refractivity contribution in [1.82, 2.24) is 4.90 Å². The van der Waals surface area contributed by atoms with Gasteiger partial charge < -0.3 is 9.64 Å². The third-order valence-electron chi connectivity index (χ3n) is 3.48. The van der Waals surface area contributed by atoms with Gasteiger partial charge in [-0.3, -0.25) is 4.79 Å². The third-order valence-corrected chi connectivity index (χ3v) is 3.81. The molecule has 4 heteroatoms. The number of carbonyl (C=O) groups is 1. The lowest BCUT2D eigenvalue weighted by Crippen LogP contribution is -2.47. The van der Waals surface area contributed by atoms with Crippen molar-refractivity contribution in [2.24, 2.45) is 0 Å². The summed E-state index contributed by atoms with van der Waals surface area (Å²) in [6.45, 7) is 5.54. The van der Waals surface area contributed by atoms with Gasteiger partial charge in [-0.2, -0.15) is 0 Å². The lowest BCUT2D eigenvalue weighted by atomic mass is 10.0. The Kier molecular flexibility index (Phi) is 4.83. The van der Waals surface area contributed by atoms with Gasteiger partial charge in [-0.15, -0.1) is 0 Å². The molecular weight excluding hydrogens is 262 g/mol. The first-order valence-electron chi connectivity index (χ1n) is 6.76. The maximum Gasteiger partial charge on any atom is 0.255 e. The average Bonchev–Trinajstić information content (AvgIpc) is 2.40. The van der Waals surface area contributed by atoms with E-state index in [9.17, 15) is 4.79 Å². The molecule has 3 nitrogen and oxygen atoms in total. The van der Waals surface area contributed by atoms with Crippen LogP contribution in [0.1, 0.15) is 37.0 Å². The van der Waals surface area contributed by atoms with E-state index in [1.54, 1.807) is 12.1 Å². The lowest BCUT2D eigenvalue weighted by Gasteiger charge is -2.37. The Labute approximate surface area is 119 Å². The van der Waals surface area contributed by atoms with Crippen molar-refractivity contribution in [2.75, 3.05) is 13.2 Å². The van der Waals surface area contributed by atoms with E-state index in [0.717, 1.165) is 26.1 Å². The van der Waals surface area contributed by atoms with Crippen molar-refractivity contribution < 1.29 is 9.53 Å². The topological polar surface area (TPSA) is 29.5 Å². The zero-order valence-corrected chi connectivity index (χ0v) is 12.2. The molecule has 1 heterocycles. The summed E-state index contributed by atoms with van der Waals surface area (Å²) in [7, 11) is 0. The summed E-state index contributed by atoms with van der Waals surface area (Å²) >= 11 is 6.13. The molecule has 0 aromatic heterocycles. The van der Waals surface area contributed by atoms with E-state index >= 15 is 0 Å². The molecule has 2 rings (SSSR count). The van der Waals surface area contributed by atoms with Gasteiger partial charge in [0.15, 0.2) is 0 Å². The van der Waals surface area contributed by atoms with Crippen LogP contribution >= 0.6 is 11.6 Å². The van der Waals surface area contributed by atoms with Crippen LogP contribution in [0, 0.1) is 0 Å². The Morgan fingerprint density at radius 3 is 2.53 bits per heavy atom. The quantitative estimate of drug-likeness (QED) is 0.850. The average molecular weight is 282 g/mol. The number of benzene rings is 1. The van der Waals surface area contributed by atoms with Crippen LogP contribution in [0.3, 0.4) is 0 Å². The number of ether oxygens (including phenoxy) is 1. The lowest BCUT2D eigenvalue weighted by molar-refractivity contribution is 0.0206. The maximum atomic E-state index is 12.7. The Morgan fingerprint density at radius 1 is 1.32 bits per heavy atom. The van der Waals surface area contributed by atoms with Crippen LogP contribution in [-0.2, 0) is 4.74 Å². The second-order valence-corrected chi connectivity index (χ2v) is 5.54. The highest BCUT2D eigenvalue weighted by molar-refractivity contribution is 6.33. The molecule has 1 aromatic carbocycles. The van der Waals surface area contributed by atoms with Crippen molar-refractivity contribution in [1.29, 1.82) is 0 Å².